The van der Waals surface area contributed by atoms with Crippen LogP contribution in [-0.2, 0) is 0 Å². The molecule has 0 spiro atoms. The first-order chi connectivity index (χ1) is 15.2. The number of hydrogen-bond donors (Lipinski definition) is 1. The Labute approximate surface area is 180 Å². The van der Waals surface area contributed by atoms with E-state index in [9.17, 15) is 0 Å². The van der Waals surface area contributed by atoms with Gasteiger partial charge in [-0.3, -0.25) is 9.97 Å². The van der Waals surface area contributed by atoms with Gasteiger partial charge in [-0.15, -0.1) is 0 Å². The third-order valence-electron chi connectivity index (χ3n) is 5.95. The van der Waals surface area contributed by atoms with E-state index in [1.807, 2.05) is 12.4 Å². The molecule has 6 rings (SSSR count). The molecule has 4 aromatic carbocycles. The Kier molecular flexibility index (Phi) is 3.90. The molecule has 0 bridgehead atoms. The number of rotatable bonds is 2. The lowest BCUT2D eigenvalue weighted by atomic mass is 10.0. The van der Waals surface area contributed by atoms with Gasteiger partial charge in [0.15, 0.2) is 0 Å². The standard InChI is InChI=1S/C28H21N3/c1-17-11-23-21-9-5-3-7-19(21)15-29-27(23)25(13-17)31-26-14-18(2)12-24-22-10-6-4-8-20(22)16-30-28(24)26/h3-16,31H,1-2H3. The highest BCUT2D eigenvalue weighted by molar-refractivity contribution is 6.12. The zero-order chi connectivity index (χ0) is 20.9. The van der Waals surface area contributed by atoms with Gasteiger partial charge in [0.1, 0.15) is 0 Å². The maximum absolute atomic E-state index is 4.82. The minimum absolute atomic E-state index is 0.972. The van der Waals surface area contributed by atoms with Gasteiger partial charge in [0.2, 0.25) is 0 Å². The topological polar surface area (TPSA) is 37.8 Å². The average Bonchev–Trinajstić information content (AvgIpc) is 2.78. The molecule has 0 aliphatic heterocycles. The maximum atomic E-state index is 4.82. The summed E-state index contributed by atoms with van der Waals surface area (Å²) in [5.41, 5.74) is 6.34. The van der Waals surface area contributed by atoms with Crippen LogP contribution in [0.25, 0.3) is 43.4 Å². The molecule has 0 saturated carbocycles. The van der Waals surface area contributed by atoms with Gasteiger partial charge >= 0.3 is 0 Å². The summed E-state index contributed by atoms with van der Waals surface area (Å²) < 4.78 is 0. The van der Waals surface area contributed by atoms with Crippen LogP contribution in [0.2, 0.25) is 0 Å². The zero-order valence-corrected chi connectivity index (χ0v) is 17.5. The van der Waals surface area contributed by atoms with Crippen molar-refractivity contribution < 1.29 is 0 Å². The van der Waals surface area contributed by atoms with Crippen LogP contribution in [0.1, 0.15) is 11.1 Å². The van der Waals surface area contributed by atoms with Crippen molar-refractivity contribution in [2.45, 2.75) is 13.8 Å². The highest BCUT2D eigenvalue weighted by atomic mass is 14.9. The first-order valence-electron chi connectivity index (χ1n) is 10.5. The van der Waals surface area contributed by atoms with Gasteiger partial charge in [-0.25, -0.2) is 0 Å². The summed E-state index contributed by atoms with van der Waals surface area (Å²) in [4.78, 5) is 9.63. The van der Waals surface area contributed by atoms with Crippen molar-refractivity contribution in [2.75, 3.05) is 5.32 Å². The molecule has 31 heavy (non-hydrogen) atoms. The number of benzene rings is 4. The number of hydrogen-bond acceptors (Lipinski definition) is 3. The first-order valence-corrected chi connectivity index (χ1v) is 10.5. The van der Waals surface area contributed by atoms with Crippen LogP contribution >= 0.6 is 0 Å². The van der Waals surface area contributed by atoms with Crippen molar-refractivity contribution in [1.82, 2.24) is 9.97 Å². The van der Waals surface area contributed by atoms with Crippen LogP contribution in [0, 0.1) is 13.8 Å². The highest BCUT2D eigenvalue weighted by Gasteiger charge is 2.12. The first kappa shape index (κ1) is 17.8. The Morgan fingerprint density at radius 1 is 0.548 bits per heavy atom. The summed E-state index contributed by atoms with van der Waals surface area (Å²) in [5.74, 6) is 0. The molecule has 3 nitrogen and oxygen atoms in total. The summed E-state index contributed by atoms with van der Waals surface area (Å²) in [7, 11) is 0. The number of aromatic nitrogens is 2. The third kappa shape index (κ3) is 2.89. The monoisotopic (exact) mass is 399 g/mol. The van der Waals surface area contributed by atoms with E-state index in [1.54, 1.807) is 0 Å². The number of nitrogens with one attached hydrogen (secondary N) is 1. The minimum atomic E-state index is 0.972. The fourth-order valence-corrected chi connectivity index (χ4v) is 4.56. The van der Waals surface area contributed by atoms with Gasteiger partial charge in [-0.2, -0.15) is 0 Å². The molecule has 6 aromatic rings. The quantitative estimate of drug-likeness (QED) is 0.307. The SMILES string of the molecule is Cc1cc(Nc2cc(C)cc3c2ncc2ccccc23)c2ncc3ccccc3c2c1. The van der Waals surface area contributed by atoms with Crippen molar-refractivity contribution >= 4 is 54.7 Å². The molecule has 2 heterocycles. The summed E-state index contributed by atoms with van der Waals surface area (Å²) in [6.07, 6.45) is 3.91. The number of nitrogens with zero attached hydrogens (tertiary/aromatic N) is 2. The molecule has 0 amide bonds. The lowest BCUT2D eigenvalue weighted by Gasteiger charge is -2.15. The normalized spacial score (nSPS) is 11.5. The van der Waals surface area contributed by atoms with E-state index < -0.39 is 0 Å². The molecular formula is C28H21N3. The lowest BCUT2D eigenvalue weighted by molar-refractivity contribution is 1.39. The van der Waals surface area contributed by atoms with Crippen molar-refractivity contribution in [3.8, 4) is 0 Å². The summed E-state index contributed by atoms with van der Waals surface area (Å²) in [6, 6.07) is 25.6. The largest absolute Gasteiger partial charge is 0.352 e. The molecule has 0 unspecified atom stereocenters. The molecule has 0 radical (unpaired) electrons. The van der Waals surface area contributed by atoms with E-state index in [0.29, 0.717) is 0 Å². The predicted octanol–water partition coefficient (Wildman–Crippen LogP) is 7.45. The van der Waals surface area contributed by atoms with Gasteiger partial charge in [0.05, 0.1) is 22.4 Å². The molecule has 0 aliphatic rings. The van der Waals surface area contributed by atoms with Crippen molar-refractivity contribution in [3.05, 3.63) is 96.3 Å². The Bertz CT molecular complexity index is 1510. The fraction of sp³-hybridized carbons (Fsp3) is 0.0714. The van der Waals surface area contributed by atoms with Gasteiger partial charge < -0.3 is 5.32 Å². The van der Waals surface area contributed by atoms with E-state index >= 15 is 0 Å². The molecule has 0 saturated heterocycles. The highest BCUT2D eigenvalue weighted by Crippen LogP contribution is 2.35. The van der Waals surface area contributed by atoms with Crippen LogP contribution < -0.4 is 5.32 Å². The lowest BCUT2D eigenvalue weighted by Crippen LogP contribution is -1.97. The Hall–Kier alpha value is -3.98. The second-order valence-electron chi connectivity index (χ2n) is 8.23. The molecule has 2 aromatic heterocycles. The number of pyridine rings is 2. The minimum Gasteiger partial charge on any atom is -0.352 e. The van der Waals surface area contributed by atoms with Crippen LogP contribution in [0.4, 0.5) is 11.4 Å². The van der Waals surface area contributed by atoms with Gasteiger partial charge in [-0.05, 0) is 60.0 Å². The van der Waals surface area contributed by atoms with Gasteiger partial charge in [-0.1, -0.05) is 48.5 Å². The molecule has 148 valence electrons. The van der Waals surface area contributed by atoms with Gasteiger partial charge in [0.25, 0.3) is 0 Å². The fourth-order valence-electron chi connectivity index (χ4n) is 4.56. The maximum Gasteiger partial charge on any atom is 0.0943 e. The molecule has 0 aliphatic carbocycles. The number of aryl methyl sites for hydroxylation is 2. The molecular weight excluding hydrogens is 378 g/mol. The second-order valence-corrected chi connectivity index (χ2v) is 8.23. The van der Waals surface area contributed by atoms with Gasteiger partial charge in [0, 0.05) is 33.9 Å². The van der Waals surface area contributed by atoms with Crippen molar-refractivity contribution in [2.24, 2.45) is 0 Å². The Morgan fingerprint density at radius 2 is 1.00 bits per heavy atom. The zero-order valence-electron chi connectivity index (χ0n) is 17.5. The second kappa shape index (κ2) is 6.78. The summed E-state index contributed by atoms with van der Waals surface area (Å²) in [5, 5.41) is 10.7. The molecule has 1 N–H and O–H groups in total. The van der Waals surface area contributed by atoms with E-state index in [0.717, 1.165) is 44.0 Å². The molecule has 0 fully saturated rings. The Morgan fingerprint density at radius 3 is 1.48 bits per heavy atom. The molecule has 3 heteroatoms. The van der Waals surface area contributed by atoms with Crippen LogP contribution in [0.15, 0.2) is 85.2 Å². The molecule has 0 atom stereocenters. The number of fused-ring (bicyclic) bond motifs is 6. The number of anilines is 2. The summed E-state index contributed by atoms with van der Waals surface area (Å²) >= 11 is 0. The van der Waals surface area contributed by atoms with E-state index in [1.165, 1.54) is 21.9 Å². The predicted molar refractivity (Wildman–Crippen MR) is 131 cm³/mol. The van der Waals surface area contributed by atoms with E-state index in [2.05, 4.69) is 92.0 Å². The van der Waals surface area contributed by atoms with E-state index in [-0.39, 0.29) is 0 Å². The van der Waals surface area contributed by atoms with Crippen LogP contribution in [0.3, 0.4) is 0 Å². The average molecular weight is 399 g/mol. The van der Waals surface area contributed by atoms with Crippen molar-refractivity contribution in [1.29, 1.82) is 0 Å². The smallest absolute Gasteiger partial charge is 0.0943 e. The summed E-state index contributed by atoms with van der Waals surface area (Å²) in [6.45, 7) is 4.26. The van der Waals surface area contributed by atoms with E-state index in [4.69, 9.17) is 9.97 Å². The Balaban J connectivity index is 1.60. The van der Waals surface area contributed by atoms with Crippen LogP contribution in [-0.4, -0.2) is 9.97 Å². The van der Waals surface area contributed by atoms with Crippen molar-refractivity contribution in [3.63, 3.8) is 0 Å². The van der Waals surface area contributed by atoms with Crippen LogP contribution in [0.5, 0.6) is 0 Å². The third-order valence-corrected chi connectivity index (χ3v) is 5.95.